The largest absolute Gasteiger partial charge is 0.454 e. The minimum absolute atomic E-state index is 0.189. The quantitative estimate of drug-likeness (QED) is 0.373. The highest BCUT2D eigenvalue weighted by atomic mass is 79.9. The third-order valence-electron chi connectivity index (χ3n) is 2.76. The van der Waals surface area contributed by atoms with Gasteiger partial charge in [-0.1, -0.05) is 5.11 Å². The number of nitriles is 1. The first-order valence-corrected chi connectivity index (χ1v) is 6.78. The second kappa shape index (κ2) is 7.01. The van der Waals surface area contributed by atoms with Gasteiger partial charge in [0.25, 0.3) is 0 Å². The van der Waals surface area contributed by atoms with E-state index >= 15 is 0 Å². The van der Waals surface area contributed by atoms with Crippen LogP contribution in [0.15, 0.2) is 21.7 Å². The molecule has 1 N–H and O–H groups in total. The fourth-order valence-corrected chi connectivity index (χ4v) is 2.41. The standard InChI is InChI=1S/C12H12BrN5O2/c13-9-4-8(5-11-12(9)20-7-19-11)10(6-14)16-2-1-3-17-18-15/h4-5,10,16H,1-3,7H2. The van der Waals surface area contributed by atoms with Crippen molar-refractivity contribution in [3.63, 3.8) is 0 Å². The minimum atomic E-state index is -0.452. The molecule has 104 valence electrons. The summed E-state index contributed by atoms with van der Waals surface area (Å²) in [5.74, 6) is 1.29. The van der Waals surface area contributed by atoms with E-state index in [0.717, 1.165) is 10.0 Å². The number of rotatable bonds is 6. The third-order valence-corrected chi connectivity index (χ3v) is 3.35. The van der Waals surface area contributed by atoms with Crippen molar-refractivity contribution in [3.8, 4) is 17.6 Å². The van der Waals surface area contributed by atoms with Crippen molar-refractivity contribution in [2.45, 2.75) is 12.5 Å². The summed E-state index contributed by atoms with van der Waals surface area (Å²) in [6, 6.07) is 5.37. The van der Waals surface area contributed by atoms with Gasteiger partial charge in [-0.25, -0.2) is 0 Å². The van der Waals surface area contributed by atoms with Gasteiger partial charge in [0, 0.05) is 11.5 Å². The Morgan fingerprint density at radius 3 is 3.15 bits per heavy atom. The molecule has 1 aliphatic rings. The van der Waals surface area contributed by atoms with Crippen LogP contribution < -0.4 is 14.8 Å². The maximum absolute atomic E-state index is 9.24. The van der Waals surface area contributed by atoms with E-state index in [1.54, 1.807) is 6.07 Å². The minimum Gasteiger partial charge on any atom is -0.454 e. The number of azide groups is 1. The van der Waals surface area contributed by atoms with Crippen molar-refractivity contribution in [1.82, 2.24) is 5.32 Å². The Labute approximate surface area is 124 Å². The van der Waals surface area contributed by atoms with Gasteiger partial charge in [-0.05, 0) is 52.1 Å². The van der Waals surface area contributed by atoms with Crippen molar-refractivity contribution >= 4 is 15.9 Å². The van der Waals surface area contributed by atoms with Crippen LogP contribution in [0, 0.1) is 11.3 Å². The van der Waals surface area contributed by atoms with E-state index in [-0.39, 0.29) is 6.79 Å². The first-order chi connectivity index (χ1) is 9.76. The molecule has 0 saturated carbocycles. The molecule has 0 aliphatic carbocycles. The summed E-state index contributed by atoms with van der Waals surface area (Å²) in [7, 11) is 0. The lowest BCUT2D eigenvalue weighted by atomic mass is 10.1. The Morgan fingerprint density at radius 1 is 1.55 bits per heavy atom. The summed E-state index contributed by atoms with van der Waals surface area (Å²) in [6.45, 7) is 1.18. The summed E-state index contributed by atoms with van der Waals surface area (Å²) >= 11 is 3.40. The van der Waals surface area contributed by atoms with E-state index in [4.69, 9.17) is 15.0 Å². The average Bonchev–Trinajstić information content (AvgIpc) is 2.92. The second-order valence-corrected chi connectivity index (χ2v) is 4.92. The van der Waals surface area contributed by atoms with Crippen LogP contribution in [0.1, 0.15) is 18.0 Å². The molecule has 2 rings (SSSR count). The maximum atomic E-state index is 9.24. The summed E-state index contributed by atoms with van der Waals surface area (Å²) in [5, 5.41) is 15.8. The Bertz CT molecular complexity index is 580. The molecule has 1 atom stereocenters. The highest BCUT2D eigenvalue weighted by Gasteiger charge is 2.21. The van der Waals surface area contributed by atoms with Gasteiger partial charge in [0.1, 0.15) is 6.04 Å². The molecule has 0 aromatic heterocycles. The van der Waals surface area contributed by atoms with E-state index in [2.05, 4.69) is 37.3 Å². The molecule has 0 amide bonds. The SMILES string of the molecule is N#CC(NCCCN=[N+]=[N-])c1cc(Br)c2c(c1)OCO2. The number of nitrogens with zero attached hydrogens (tertiary/aromatic N) is 4. The number of nitrogens with one attached hydrogen (secondary N) is 1. The monoisotopic (exact) mass is 337 g/mol. The lowest BCUT2D eigenvalue weighted by molar-refractivity contribution is 0.173. The maximum Gasteiger partial charge on any atom is 0.231 e. The van der Waals surface area contributed by atoms with E-state index in [1.807, 2.05) is 6.07 Å². The van der Waals surface area contributed by atoms with Crippen LogP contribution in [-0.2, 0) is 0 Å². The molecule has 1 heterocycles. The molecular formula is C12H12BrN5O2. The van der Waals surface area contributed by atoms with Crippen molar-refractivity contribution in [2.75, 3.05) is 19.9 Å². The van der Waals surface area contributed by atoms with Gasteiger partial charge in [0.15, 0.2) is 11.5 Å². The van der Waals surface area contributed by atoms with Crippen molar-refractivity contribution in [2.24, 2.45) is 5.11 Å². The number of hydrogen-bond donors (Lipinski definition) is 1. The van der Waals surface area contributed by atoms with Crippen LogP contribution in [0.4, 0.5) is 0 Å². The van der Waals surface area contributed by atoms with Crippen LogP contribution in [0.3, 0.4) is 0 Å². The lowest BCUT2D eigenvalue weighted by Crippen LogP contribution is -2.21. The molecule has 0 bridgehead atoms. The van der Waals surface area contributed by atoms with Crippen molar-refractivity contribution in [3.05, 3.63) is 32.6 Å². The molecule has 20 heavy (non-hydrogen) atoms. The van der Waals surface area contributed by atoms with Crippen LogP contribution >= 0.6 is 15.9 Å². The topological polar surface area (TPSA) is 103 Å². The number of fused-ring (bicyclic) bond motifs is 1. The van der Waals surface area contributed by atoms with Crippen molar-refractivity contribution < 1.29 is 9.47 Å². The molecule has 1 aliphatic heterocycles. The van der Waals surface area contributed by atoms with Gasteiger partial charge in [0.2, 0.25) is 6.79 Å². The number of benzene rings is 1. The summed E-state index contributed by atoms with van der Waals surface area (Å²) in [5.41, 5.74) is 8.97. The smallest absolute Gasteiger partial charge is 0.231 e. The molecule has 7 nitrogen and oxygen atoms in total. The van der Waals surface area contributed by atoms with Gasteiger partial charge in [-0.2, -0.15) is 5.26 Å². The van der Waals surface area contributed by atoms with Gasteiger partial charge in [0.05, 0.1) is 10.5 Å². The van der Waals surface area contributed by atoms with E-state index in [9.17, 15) is 5.26 Å². The van der Waals surface area contributed by atoms with Crippen LogP contribution in [0.25, 0.3) is 10.4 Å². The van der Waals surface area contributed by atoms with E-state index in [0.29, 0.717) is 31.0 Å². The van der Waals surface area contributed by atoms with Crippen LogP contribution in [-0.4, -0.2) is 19.9 Å². The van der Waals surface area contributed by atoms with Gasteiger partial charge in [-0.3, -0.25) is 5.32 Å². The first kappa shape index (κ1) is 14.5. The summed E-state index contributed by atoms with van der Waals surface area (Å²) in [6.07, 6.45) is 0.675. The van der Waals surface area contributed by atoms with Crippen LogP contribution in [0.5, 0.6) is 11.5 Å². The molecular weight excluding hydrogens is 326 g/mol. The van der Waals surface area contributed by atoms with Crippen LogP contribution in [0.2, 0.25) is 0 Å². The number of ether oxygens (including phenoxy) is 2. The number of halogens is 1. The zero-order valence-electron chi connectivity index (χ0n) is 10.5. The van der Waals surface area contributed by atoms with Crippen molar-refractivity contribution in [1.29, 1.82) is 5.26 Å². The number of hydrogen-bond acceptors (Lipinski definition) is 5. The third kappa shape index (κ3) is 3.33. The fraction of sp³-hybridized carbons (Fsp3) is 0.417. The fourth-order valence-electron chi connectivity index (χ4n) is 1.83. The molecule has 1 aromatic carbocycles. The Balaban J connectivity index is 2.03. The molecule has 8 heteroatoms. The van der Waals surface area contributed by atoms with E-state index in [1.165, 1.54) is 0 Å². The first-order valence-electron chi connectivity index (χ1n) is 5.99. The second-order valence-electron chi connectivity index (χ2n) is 4.06. The highest BCUT2D eigenvalue weighted by molar-refractivity contribution is 9.10. The molecule has 0 fully saturated rings. The van der Waals surface area contributed by atoms with Gasteiger partial charge >= 0.3 is 0 Å². The molecule has 0 radical (unpaired) electrons. The van der Waals surface area contributed by atoms with E-state index < -0.39 is 6.04 Å². The predicted octanol–water partition coefficient (Wildman–Crippen LogP) is 3.03. The Morgan fingerprint density at radius 2 is 2.40 bits per heavy atom. The normalized spacial score (nSPS) is 13.4. The molecule has 0 spiro atoms. The Kier molecular flexibility index (Phi) is 5.07. The zero-order chi connectivity index (χ0) is 14.4. The average molecular weight is 338 g/mol. The summed E-state index contributed by atoms with van der Waals surface area (Å²) < 4.78 is 11.4. The Hall–Kier alpha value is -1.94. The summed E-state index contributed by atoms with van der Waals surface area (Å²) in [4.78, 5) is 2.68. The zero-order valence-corrected chi connectivity index (χ0v) is 12.1. The van der Waals surface area contributed by atoms with Gasteiger partial charge in [-0.15, -0.1) is 0 Å². The highest BCUT2D eigenvalue weighted by Crippen LogP contribution is 2.41. The lowest BCUT2D eigenvalue weighted by Gasteiger charge is -2.12. The molecule has 1 aromatic rings. The predicted molar refractivity (Wildman–Crippen MR) is 75.3 cm³/mol. The van der Waals surface area contributed by atoms with Gasteiger partial charge < -0.3 is 9.47 Å². The molecule has 1 unspecified atom stereocenters. The molecule has 0 saturated heterocycles.